The topological polar surface area (TPSA) is 21.3 Å². The summed E-state index contributed by atoms with van der Waals surface area (Å²) in [5.41, 5.74) is 3.97. The van der Waals surface area contributed by atoms with Crippen molar-refractivity contribution in [3.8, 4) is 0 Å². The predicted molar refractivity (Wildman–Crippen MR) is 45.9 cm³/mol. The molecule has 0 saturated heterocycles. The van der Waals surface area contributed by atoms with Crippen molar-refractivity contribution >= 4 is 21.9 Å². The summed E-state index contributed by atoms with van der Waals surface area (Å²) in [7, 11) is 0. The second kappa shape index (κ2) is 5.10. The summed E-state index contributed by atoms with van der Waals surface area (Å²) >= 11 is 1.35. The first-order valence-electron chi connectivity index (χ1n) is 2.71. The van der Waals surface area contributed by atoms with Gasteiger partial charge in [0.15, 0.2) is 0 Å². The van der Waals surface area contributed by atoms with E-state index < -0.39 is 0 Å². The van der Waals surface area contributed by atoms with Gasteiger partial charge < -0.3 is 0 Å². The van der Waals surface area contributed by atoms with E-state index in [0.29, 0.717) is 0 Å². The lowest BCUT2D eigenvalue weighted by Crippen LogP contribution is -2.02. The summed E-state index contributed by atoms with van der Waals surface area (Å²) < 4.78 is 4.78. The summed E-state index contributed by atoms with van der Waals surface area (Å²) in [6, 6.07) is 0. The van der Waals surface area contributed by atoms with Crippen molar-refractivity contribution < 1.29 is 4.28 Å². The smallest absolute Gasteiger partial charge is 0.0536 e. The average Bonchev–Trinajstić information content (AvgIpc) is 2.19. The summed E-state index contributed by atoms with van der Waals surface area (Å²) in [6.45, 7) is 2.14. The monoisotopic (exact) mass is 165 g/mol. The van der Waals surface area contributed by atoms with Crippen molar-refractivity contribution in [1.29, 1.82) is 0 Å². The Morgan fingerprint density at radius 2 is 2.56 bits per heavy atom. The SMILES string of the molecule is CCCC1=CSON1.P. The molecule has 4 heteroatoms. The van der Waals surface area contributed by atoms with E-state index >= 15 is 0 Å². The van der Waals surface area contributed by atoms with Crippen molar-refractivity contribution in [1.82, 2.24) is 5.48 Å². The lowest BCUT2D eigenvalue weighted by molar-refractivity contribution is 0.285. The van der Waals surface area contributed by atoms with E-state index in [4.69, 9.17) is 4.28 Å². The van der Waals surface area contributed by atoms with Gasteiger partial charge in [-0.25, -0.2) is 4.28 Å². The molecule has 0 fully saturated rings. The molecule has 1 rings (SSSR count). The minimum Gasteiger partial charge on any atom is -0.257 e. The Kier molecular flexibility index (Phi) is 5.25. The second-order valence-corrected chi connectivity index (χ2v) is 2.27. The number of allylic oxidation sites excluding steroid dienone is 1. The molecule has 0 radical (unpaired) electrons. The third-order valence-electron chi connectivity index (χ3n) is 0.931. The van der Waals surface area contributed by atoms with Crippen molar-refractivity contribution in [2.75, 3.05) is 0 Å². The normalized spacial score (nSPS) is 15.9. The van der Waals surface area contributed by atoms with Crippen LogP contribution in [0.15, 0.2) is 11.1 Å². The van der Waals surface area contributed by atoms with E-state index in [2.05, 4.69) is 12.4 Å². The number of hydroxylamine groups is 1. The molecule has 0 bridgehead atoms. The van der Waals surface area contributed by atoms with E-state index in [-0.39, 0.29) is 9.90 Å². The maximum atomic E-state index is 4.78. The fourth-order valence-corrected chi connectivity index (χ4v) is 1.05. The fraction of sp³-hybridized carbons (Fsp3) is 0.600. The fourth-order valence-electron chi connectivity index (χ4n) is 0.563. The largest absolute Gasteiger partial charge is 0.257 e. The molecule has 9 heavy (non-hydrogen) atoms. The Labute approximate surface area is 63.2 Å². The van der Waals surface area contributed by atoms with E-state index in [1.54, 1.807) is 0 Å². The summed E-state index contributed by atoms with van der Waals surface area (Å²) in [6.07, 6.45) is 2.26. The van der Waals surface area contributed by atoms with Gasteiger partial charge in [0.25, 0.3) is 0 Å². The van der Waals surface area contributed by atoms with Gasteiger partial charge in [-0.05, 0) is 6.42 Å². The Bertz CT molecular complexity index is 107. The molecule has 0 spiro atoms. The standard InChI is InChI=1S/C5H9NOS.H3P/c1-2-3-5-4-8-7-6-5;/h4,6H,2-3H2,1H3;1H3. The Morgan fingerprint density at radius 3 is 3.00 bits per heavy atom. The van der Waals surface area contributed by atoms with Gasteiger partial charge in [-0.15, -0.1) is 0 Å². The molecule has 2 nitrogen and oxygen atoms in total. The van der Waals surface area contributed by atoms with Gasteiger partial charge >= 0.3 is 0 Å². The second-order valence-electron chi connectivity index (χ2n) is 1.67. The van der Waals surface area contributed by atoms with E-state index in [1.807, 2.05) is 5.41 Å². The first kappa shape index (κ1) is 9.28. The van der Waals surface area contributed by atoms with Crippen molar-refractivity contribution in [2.24, 2.45) is 0 Å². The number of nitrogens with one attached hydrogen (secondary N) is 1. The molecule has 1 atom stereocenters. The zero-order valence-corrected chi connectivity index (χ0v) is 7.75. The zero-order chi connectivity index (χ0) is 5.82. The van der Waals surface area contributed by atoms with Crippen LogP contribution in [0.2, 0.25) is 0 Å². The highest BCUT2D eigenvalue weighted by Gasteiger charge is 2.01. The lowest BCUT2D eigenvalue weighted by Gasteiger charge is -1.95. The Morgan fingerprint density at radius 1 is 1.78 bits per heavy atom. The molecular formula is C5H12NOPS. The van der Waals surface area contributed by atoms with Crippen LogP contribution in [0.3, 0.4) is 0 Å². The highest BCUT2D eigenvalue weighted by atomic mass is 32.2. The third-order valence-corrected chi connectivity index (χ3v) is 1.49. The molecule has 0 aromatic carbocycles. The minimum absolute atomic E-state index is 0. The van der Waals surface area contributed by atoms with E-state index in [9.17, 15) is 0 Å². The molecule has 1 unspecified atom stereocenters. The van der Waals surface area contributed by atoms with Crippen LogP contribution in [0, 0.1) is 0 Å². The van der Waals surface area contributed by atoms with Crippen LogP contribution in [-0.2, 0) is 4.28 Å². The van der Waals surface area contributed by atoms with Gasteiger partial charge in [-0.3, -0.25) is 5.48 Å². The van der Waals surface area contributed by atoms with E-state index in [0.717, 1.165) is 6.42 Å². The predicted octanol–water partition coefficient (Wildman–Crippen LogP) is 1.87. The average molecular weight is 165 g/mol. The van der Waals surface area contributed by atoms with Crippen LogP contribution in [0.4, 0.5) is 0 Å². The maximum absolute atomic E-state index is 4.78. The quantitative estimate of drug-likeness (QED) is 0.498. The van der Waals surface area contributed by atoms with E-state index in [1.165, 1.54) is 24.2 Å². The Balaban J connectivity index is 0.000000640. The van der Waals surface area contributed by atoms with Crippen LogP contribution < -0.4 is 5.48 Å². The molecule has 1 aliphatic heterocycles. The first-order valence-corrected chi connectivity index (χ1v) is 3.51. The van der Waals surface area contributed by atoms with Crippen molar-refractivity contribution in [3.63, 3.8) is 0 Å². The molecule has 0 aromatic heterocycles. The number of hydrogen-bond acceptors (Lipinski definition) is 3. The highest BCUT2D eigenvalue weighted by Crippen LogP contribution is 2.16. The molecule has 0 aliphatic carbocycles. The molecule has 0 saturated carbocycles. The minimum atomic E-state index is 0. The van der Waals surface area contributed by atoms with Crippen LogP contribution >= 0.6 is 21.9 Å². The van der Waals surface area contributed by atoms with Gasteiger partial charge in [0.05, 0.1) is 12.0 Å². The van der Waals surface area contributed by atoms with Crippen LogP contribution in [0.5, 0.6) is 0 Å². The maximum Gasteiger partial charge on any atom is 0.0536 e. The lowest BCUT2D eigenvalue weighted by atomic mass is 10.3. The van der Waals surface area contributed by atoms with Crippen LogP contribution in [-0.4, -0.2) is 0 Å². The summed E-state index contributed by atoms with van der Waals surface area (Å²) in [5.74, 6) is 0. The van der Waals surface area contributed by atoms with Gasteiger partial charge in [0, 0.05) is 11.1 Å². The third kappa shape index (κ3) is 3.09. The van der Waals surface area contributed by atoms with Crippen molar-refractivity contribution in [2.45, 2.75) is 19.8 Å². The zero-order valence-electron chi connectivity index (χ0n) is 5.52. The molecule has 1 N–H and O–H groups in total. The summed E-state index contributed by atoms with van der Waals surface area (Å²) in [5, 5.41) is 1.99. The molecule has 54 valence electrons. The number of hydrogen-bond donors (Lipinski definition) is 1. The number of rotatable bonds is 2. The molecule has 1 heterocycles. The first-order chi connectivity index (χ1) is 3.93. The van der Waals surface area contributed by atoms with Gasteiger partial charge in [-0.1, -0.05) is 13.3 Å². The Hall–Kier alpha value is 0.280. The summed E-state index contributed by atoms with van der Waals surface area (Å²) in [4.78, 5) is 0. The van der Waals surface area contributed by atoms with Crippen LogP contribution in [0.25, 0.3) is 0 Å². The van der Waals surface area contributed by atoms with Crippen molar-refractivity contribution in [3.05, 3.63) is 11.1 Å². The molecule has 0 amide bonds. The molecular weight excluding hydrogens is 153 g/mol. The van der Waals surface area contributed by atoms with Gasteiger partial charge in [0.2, 0.25) is 0 Å². The van der Waals surface area contributed by atoms with Gasteiger partial charge in [-0.2, -0.15) is 9.90 Å². The molecule has 1 aliphatic rings. The molecule has 0 aromatic rings. The highest BCUT2D eigenvalue weighted by molar-refractivity contribution is 7.97. The van der Waals surface area contributed by atoms with Crippen LogP contribution in [0.1, 0.15) is 19.8 Å². The van der Waals surface area contributed by atoms with Gasteiger partial charge in [0.1, 0.15) is 0 Å².